The Bertz CT molecular complexity index is 623. The highest BCUT2D eigenvalue weighted by Crippen LogP contribution is 2.25. The van der Waals surface area contributed by atoms with Crippen LogP contribution in [0.3, 0.4) is 0 Å². The Labute approximate surface area is 169 Å². The summed E-state index contributed by atoms with van der Waals surface area (Å²) in [5.41, 5.74) is 0. The second kappa shape index (κ2) is 10.0. The second-order valence-corrected chi connectivity index (χ2v) is 8.08. The Morgan fingerprint density at radius 1 is 1.18 bits per heavy atom. The zero-order valence-corrected chi connectivity index (χ0v) is 17.7. The Hall–Kier alpha value is -1.89. The highest BCUT2D eigenvalue weighted by Gasteiger charge is 2.27. The SMILES string of the molecule is CCNc1nccc(N2CCC(CC(=O)N3CCN(C(C)CC)CC3)CC2)n1. The fourth-order valence-corrected chi connectivity index (χ4v) is 4.18. The average Bonchev–Trinajstić information content (AvgIpc) is 2.74. The molecule has 0 aromatic carbocycles. The molecule has 7 nitrogen and oxygen atoms in total. The second-order valence-electron chi connectivity index (χ2n) is 8.08. The van der Waals surface area contributed by atoms with Crippen molar-refractivity contribution in [3.63, 3.8) is 0 Å². The third-order valence-corrected chi connectivity index (χ3v) is 6.26. The Balaban J connectivity index is 1.43. The first-order valence-corrected chi connectivity index (χ1v) is 10.9. The number of aromatic nitrogens is 2. The molecular weight excluding hydrogens is 352 g/mol. The fourth-order valence-electron chi connectivity index (χ4n) is 4.18. The van der Waals surface area contributed by atoms with Crippen LogP contribution in [0.5, 0.6) is 0 Å². The first kappa shape index (κ1) is 20.8. The Morgan fingerprint density at radius 3 is 2.54 bits per heavy atom. The molecule has 1 aromatic rings. The van der Waals surface area contributed by atoms with Crippen molar-refractivity contribution in [1.82, 2.24) is 19.8 Å². The summed E-state index contributed by atoms with van der Waals surface area (Å²) < 4.78 is 0. The quantitative estimate of drug-likeness (QED) is 0.774. The Kier molecular flexibility index (Phi) is 7.48. The molecule has 28 heavy (non-hydrogen) atoms. The van der Waals surface area contributed by atoms with E-state index in [-0.39, 0.29) is 0 Å². The molecule has 1 aromatic heterocycles. The number of piperazine rings is 1. The van der Waals surface area contributed by atoms with Gasteiger partial charge in [-0.2, -0.15) is 4.98 Å². The van der Waals surface area contributed by atoms with Crippen LogP contribution in [0.2, 0.25) is 0 Å². The molecule has 2 aliphatic rings. The lowest BCUT2D eigenvalue weighted by Crippen LogP contribution is -2.51. The maximum atomic E-state index is 12.7. The third kappa shape index (κ3) is 5.34. The number of piperidine rings is 1. The number of anilines is 2. The van der Waals surface area contributed by atoms with Crippen molar-refractivity contribution < 1.29 is 4.79 Å². The maximum absolute atomic E-state index is 12.7. The van der Waals surface area contributed by atoms with Crippen LogP contribution < -0.4 is 10.2 Å². The van der Waals surface area contributed by atoms with Crippen LogP contribution in [0.15, 0.2) is 12.3 Å². The zero-order chi connectivity index (χ0) is 19.9. The predicted octanol–water partition coefficient (Wildman–Crippen LogP) is 2.46. The van der Waals surface area contributed by atoms with E-state index in [9.17, 15) is 4.79 Å². The predicted molar refractivity (Wildman–Crippen MR) is 114 cm³/mol. The number of rotatable bonds is 7. The topological polar surface area (TPSA) is 64.6 Å². The summed E-state index contributed by atoms with van der Waals surface area (Å²) in [6, 6.07) is 2.60. The number of carbonyl (C=O) groups is 1. The summed E-state index contributed by atoms with van der Waals surface area (Å²) >= 11 is 0. The van der Waals surface area contributed by atoms with E-state index in [0.29, 0.717) is 30.2 Å². The fraction of sp³-hybridized carbons (Fsp3) is 0.762. The minimum atomic E-state index is 0.346. The highest BCUT2D eigenvalue weighted by molar-refractivity contribution is 5.76. The largest absolute Gasteiger partial charge is 0.356 e. The third-order valence-electron chi connectivity index (χ3n) is 6.26. The number of amides is 1. The summed E-state index contributed by atoms with van der Waals surface area (Å²) in [6.07, 6.45) is 5.80. The van der Waals surface area contributed by atoms with Gasteiger partial charge in [0.05, 0.1) is 0 Å². The van der Waals surface area contributed by atoms with Crippen LogP contribution in [-0.2, 0) is 4.79 Å². The van der Waals surface area contributed by atoms with Crippen LogP contribution >= 0.6 is 0 Å². The van der Waals surface area contributed by atoms with Gasteiger partial charge in [-0.25, -0.2) is 4.98 Å². The number of hydrogen-bond acceptors (Lipinski definition) is 6. The minimum absolute atomic E-state index is 0.346. The van der Waals surface area contributed by atoms with Crippen LogP contribution in [0.4, 0.5) is 11.8 Å². The Morgan fingerprint density at radius 2 is 1.89 bits per heavy atom. The molecule has 7 heteroatoms. The molecule has 0 bridgehead atoms. The number of nitrogens with one attached hydrogen (secondary N) is 1. The van der Waals surface area contributed by atoms with Gasteiger partial charge in [-0.05, 0) is 45.1 Å². The minimum Gasteiger partial charge on any atom is -0.356 e. The first-order valence-electron chi connectivity index (χ1n) is 10.9. The molecule has 1 N–H and O–H groups in total. The molecule has 2 fully saturated rings. The van der Waals surface area contributed by atoms with Crippen molar-refractivity contribution in [3.05, 3.63) is 12.3 Å². The number of nitrogens with zero attached hydrogens (tertiary/aromatic N) is 5. The molecule has 0 saturated carbocycles. The number of carbonyl (C=O) groups excluding carboxylic acids is 1. The van der Waals surface area contributed by atoms with Crippen LogP contribution in [0.25, 0.3) is 0 Å². The molecule has 0 radical (unpaired) electrons. The molecule has 3 heterocycles. The summed E-state index contributed by atoms with van der Waals surface area (Å²) in [6.45, 7) is 13.1. The van der Waals surface area contributed by atoms with E-state index in [1.54, 1.807) is 0 Å². The standard InChI is InChI=1S/C21H36N6O/c1-4-17(3)25-12-14-27(15-13-25)20(28)16-18-7-10-26(11-8-18)19-6-9-23-21(24-19)22-5-2/h6,9,17-18H,4-5,7-8,10-16H2,1-3H3,(H,22,23,24). The monoisotopic (exact) mass is 388 g/mol. The normalized spacial score (nSPS) is 20.2. The van der Waals surface area contributed by atoms with E-state index in [1.165, 1.54) is 6.42 Å². The van der Waals surface area contributed by atoms with Crippen LogP contribution in [-0.4, -0.2) is 77.5 Å². The molecule has 156 valence electrons. The first-order chi connectivity index (χ1) is 13.6. The summed E-state index contributed by atoms with van der Waals surface area (Å²) in [5, 5.41) is 3.17. The molecule has 1 atom stereocenters. The van der Waals surface area contributed by atoms with E-state index in [4.69, 9.17) is 0 Å². The van der Waals surface area contributed by atoms with Gasteiger partial charge in [0.1, 0.15) is 5.82 Å². The van der Waals surface area contributed by atoms with Gasteiger partial charge < -0.3 is 15.1 Å². The van der Waals surface area contributed by atoms with Crippen molar-refractivity contribution in [1.29, 1.82) is 0 Å². The average molecular weight is 389 g/mol. The van der Waals surface area contributed by atoms with E-state index < -0.39 is 0 Å². The molecule has 2 aliphatic heterocycles. The molecular formula is C21H36N6O. The van der Waals surface area contributed by atoms with E-state index >= 15 is 0 Å². The molecule has 2 saturated heterocycles. The van der Waals surface area contributed by atoms with Crippen molar-refractivity contribution in [2.45, 2.75) is 52.5 Å². The number of hydrogen-bond donors (Lipinski definition) is 1. The van der Waals surface area contributed by atoms with Crippen LogP contribution in [0, 0.1) is 5.92 Å². The van der Waals surface area contributed by atoms with Gasteiger partial charge in [0.25, 0.3) is 0 Å². The van der Waals surface area contributed by atoms with E-state index in [1.807, 2.05) is 19.2 Å². The zero-order valence-electron chi connectivity index (χ0n) is 17.7. The van der Waals surface area contributed by atoms with Crippen molar-refractivity contribution in [2.75, 3.05) is 56.0 Å². The molecule has 3 rings (SSSR count). The van der Waals surface area contributed by atoms with Crippen molar-refractivity contribution in [3.8, 4) is 0 Å². The van der Waals surface area contributed by atoms with Crippen molar-refractivity contribution >= 4 is 17.7 Å². The summed E-state index contributed by atoms with van der Waals surface area (Å²) in [4.78, 5) is 28.5. The lowest BCUT2D eigenvalue weighted by molar-refractivity contribution is -0.134. The van der Waals surface area contributed by atoms with Gasteiger partial charge in [0, 0.05) is 64.5 Å². The lowest BCUT2D eigenvalue weighted by Gasteiger charge is -2.39. The van der Waals surface area contributed by atoms with Gasteiger partial charge in [0.15, 0.2) is 0 Å². The summed E-state index contributed by atoms with van der Waals surface area (Å²) in [7, 11) is 0. The van der Waals surface area contributed by atoms with Crippen LogP contribution in [0.1, 0.15) is 46.5 Å². The lowest BCUT2D eigenvalue weighted by atomic mass is 9.93. The van der Waals surface area contributed by atoms with E-state index in [0.717, 1.165) is 64.5 Å². The van der Waals surface area contributed by atoms with Gasteiger partial charge in [-0.1, -0.05) is 6.92 Å². The van der Waals surface area contributed by atoms with Gasteiger partial charge in [-0.3, -0.25) is 9.69 Å². The molecule has 0 spiro atoms. The van der Waals surface area contributed by atoms with Crippen molar-refractivity contribution in [2.24, 2.45) is 5.92 Å². The van der Waals surface area contributed by atoms with Gasteiger partial charge >= 0.3 is 0 Å². The molecule has 0 aliphatic carbocycles. The highest BCUT2D eigenvalue weighted by atomic mass is 16.2. The smallest absolute Gasteiger partial charge is 0.224 e. The molecule has 1 unspecified atom stereocenters. The van der Waals surface area contributed by atoms with Gasteiger partial charge in [0.2, 0.25) is 11.9 Å². The van der Waals surface area contributed by atoms with Gasteiger partial charge in [-0.15, -0.1) is 0 Å². The van der Waals surface area contributed by atoms with E-state index in [2.05, 4.69) is 43.8 Å². The molecule has 1 amide bonds. The maximum Gasteiger partial charge on any atom is 0.224 e. The summed E-state index contributed by atoms with van der Waals surface area (Å²) in [5.74, 6) is 2.51.